The normalized spacial score (nSPS) is 11.5. The first-order valence-corrected chi connectivity index (χ1v) is 21.5. The van der Waals surface area contributed by atoms with Crippen molar-refractivity contribution in [2.45, 2.75) is 0 Å². The number of hydrogen-bond acceptors (Lipinski definition) is 5. The van der Waals surface area contributed by atoms with Crippen LogP contribution in [0.3, 0.4) is 0 Å². The highest BCUT2D eigenvalue weighted by molar-refractivity contribution is 7.25. The highest BCUT2D eigenvalue weighted by atomic mass is 32.1. The molecule has 0 aliphatic heterocycles. The summed E-state index contributed by atoms with van der Waals surface area (Å²) in [7, 11) is 0. The topological polar surface area (TPSA) is 56.5 Å². The SMILES string of the molecule is c1ccc(-c2nc(-c3ccccc3)nc(-c3cc(-c4c(-c5ccccc5)cccc4-c4ccccc4)cnc3-n3c4ccccc4c4cc5c(cc43)sc3ccccc35)n2)cc1. The third kappa shape index (κ3) is 6.08. The summed E-state index contributed by atoms with van der Waals surface area (Å²) >= 11 is 1.82. The Bertz CT molecular complexity index is 3500. The van der Waals surface area contributed by atoms with E-state index >= 15 is 0 Å². The fourth-order valence-corrected chi connectivity index (χ4v) is 9.98. The Labute approximate surface area is 361 Å². The Morgan fingerprint density at radius 3 is 1.50 bits per heavy atom. The van der Waals surface area contributed by atoms with Crippen LogP contribution in [0.2, 0.25) is 0 Å². The van der Waals surface area contributed by atoms with Crippen molar-refractivity contribution in [1.29, 1.82) is 0 Å². The number of pyridine rings is 1. The van der Waals surface area contributed by atoms with Gasteiger partial charge in [-0.2, -0.15) is 0 Å². The first-order chi connectivity index (χ1) is 30.7. The van der Waals surface area contributed by atoms with E-state index in [0.717, 1.165) is 72.3 Å². The van der Waals surface area contributed by atoms with Crippen LogP contribution in [0.25, 0.3) is 115 Å². The van der Waals surface area contributed by atoms with Crippen LogP contribution in [0, 0.1) is 0 Å². The lowest BCUT2D eigenvalue weighted by Gasteiger charge is -2.19. The smallest absolute Gasteiger partial charge is 0.167 e. The zero-order valence-electron chi connectivity index (χ0n) is 33.4. The largest absolute Gasteiger partial charge is 0.293 e. The van der Waals surface area contributed by atoms with Gasteiger partial charge in [-0.1, -0.05) is 176 Å². The molecule has 12 rings (SSSR count). The number of rotatable bonds is 7. The predicted octanol–water partition coefficient (Wildman–Crippen LogP) is 14.7. The van der Waals surface area contributed by atoms with Gasteiger partial charge in [-0.25, -0.2) is 19.9 Å². The van der Waals surface area contributed by atoms with Crippen LogP contribution < -0.4 is 0 Å². The Morgan fingerprint density at radius 1 is 0.339 bits per heavy atom. The molecule has 0 aliphatic rings. The third-order valence-corrected chi connectivity index (χ3v) is 12.8. The van der Waals surface area contributed by atoms with E-state index in [4.69, 9.17) is 19.9 Å². The average Bonchev–Trinajstić information content (AvgIpc) is 3.88. The summed E-state index contributed by atoms with van der Waals surface area (Å²) in [6.45, 7) is 0. The fraction of sp³-hybridized carbons (Fsp3) is 0. The van der Waals surface area contributed by atoms with Gasteiger partial charge in [-0.15, -0.1) is 11.3 Å². The Morgan fingerprint density at radius 2 is 0.871 bits per heavy atom. The first kappa shape index (κ1) is 35.8. The molecule has 0 fully saturated rings. The summed E-state index contributed by atoms with van der Waals surface area (Å²) in [6.07, 6.45) is 2.03. The molecule has 0 amide bonds. The predicted molar refractivity (Wildman–Crippen MR) is 257 cm³/mol. The zero-order valence-corrected chi connectivity index (χ0v) is 34.2. The molecule has 0 unspecified atom stereocenters. The quantitative estimate of drug-likeness (QED) is 0.161. The standard InChI is InChI=1S/C56H35N5S/c1-5-18-36(19-6-1)41-28-17-29-42(37-20-7-2-8-21-37)52(41)40-32-47(55-59-53(38-22-9-3-10-23-38)58-54(60-55)39-24-11-4-12-25-39)56(57-35-40)61-48-30-15-13-26-43(48)45-33-46-44-27-14-16-31-50(44)62-51(46)34-49(45)61/h1-35H. The van der Waals surface area contributed by atoms with E-state index in [1.165, 1.54) is 25.6 Å². The molecular weight excluding hydrogens is 775 g/mol. The van der Waals surface area contributed by atoms with Gasteiger partial charge in [0, 0.05) is 53.8 Å². The lowest BCUT2D eigenvalue weighted by Crippen LogP contribution is -2.06. The van der Waals surface area contributed by atoms with E-state index in [1.54, 1.807) is 0 Å². The molecule has 0 saturated heterocycles. The first-order valence-electron chi connectivity index (χ1n) is 20.7. The van der Waals surface area contributed by atoms with Crippen LogP contribution in [0.15, 0.2) is 212 Å². The van der Waals surface area contributed by atoms with E-state index in [9.17, 15) is 0 Å². The van der Waals surface area contributed by atoms with Crippen LogP contribution >= 0.6 is 11.3 Å². The lowest BCUT2D eigenvalue weighted by molar-refractivity contribution is 1.04. The second-order valence-corrected chi connectivity index (χ2v) is 16.5. The van der Waals surface area contributed by atoms with Crippen LogP contribution in [0.4, 0.5) is 0 Å². The number of aromatic nitrogens is 5. The maximum atomic E-state index is 5.54. The molecule has 4 heterocycles. The van der Waals surface area contributed by atoms with Crippen molar-refractivity contribution in [2.75, 3.05) is 0 Å². The molecule has 12 aromatic rings. The van der Waals surface area contributed by atoms with Gasteiger partial charge in [0.2, 0.25) is 0 Å². The number of hydrogen-bond donors (Lipinski definition) is 0. The zero-order chi connectivity index (χ0) is 41.0. The van der Waals surface area contributed by atoms with E-state index in [-0.39, 0.29) is 0 Å². The molecule has 62 heavy (non-hydrogen) atoms. The molecule has 0 radical (unpaired) electrons. The summed E-state index contributed by atoms with van der Waals surface area (Å²) in [5.74, 6) is 2.46. The molecule has 0 bridgehead atoms. The Kier molecular flexibility index (Phi) is 8.61. The lowest BCUT2D eigenvalue weighted by atomic mass is 9.88. The molecule has 0 saturated carbocycles. The molecule has 290 valence electrons. The van der Waals surface area contributed by atoms with Gasteiger partial charge in [0.15, 0.2) is 17.5 Å². The Hall–Kier alpha value is -8.06. The molecule has 4 aromatic heterocycles. The van der Waals surface area contributed by atoms with Crippen molar-refractivity contribution in [3.63, 3.8) is 0 Å². The summed E-state index contributed by atoms with van der Waals surface area (Å²) in [4.78, 5) is 21.3. The molecule has 5 nitrogen and oxygen atoms in total. The van der Waals surface area contributed by atoms with Crippen LogP contribution in [-0.2, 0) is 0 Å². The summed E-state index contributed by atoms with van der Waals surface area (Å²) in [6, 6.07) is 72.3. The molecule has 6 heteroatoms. The number of thiophene rings is 1. The second-order valence-electron chi connectivity index (χ2n) is 15.4. The Balaban J connectivity index is 1.20. The number of para-hydroxylation sites is 1. The number of nitrogens with zero attached hydrogens (tertiary/aromatic N) is 5. The molecule has 0 atom stereocenters. The van der Waals surface area contributed by atoms with Gasteiger partial charge in [0.05, 0.1) is 16.6 Å². The number of fused-ring (bicyclic) bond motifs is 6. The third-order valence-electron chi connectivity index (χ3n) is 11.7. The van der Waals surface area contributed by atoms with Gasteiger partial charge in [0.1, 0.15) is 5.82 Å². The van der Waals surface area contributed by atoms with E-state index < -0.39 is 0 Å². The van der Waals surface area contributed by atoms with Crippen molar-refractivity contribution in [1.82, 2.24) is 24.5 Å². The summed E-state index contributed by atoms with van der Waals surface area (Å²) in [5.41, 5.74) is 11.2. The van der Waals surface area contributed by atoms with Crippen molar-refractivity contribution in [3.05, 3.63) is 212 Å². The van der Waals surface area contributed by atoms with Gasteiger partial charge in [0.25, 0.3) is 0 Å². The van der Waals surface area contributed by atoms with E-state index in [1.807, 2.05) is 53.9 Å². The van der Waals surface area contributed by atoms with Crippen LogP contribution in [-0.4, -0.2) is 24.5 Å². The van der Waals surface area contributed by atoms with Crippen molar-refractivity contribution in [3.8, 4) is 73.4 Å². The fourth-order valence-electron chi connectivity index (χ4n) is 8.86. The van der Waals surface area contributed by atoms with E-state index in [0.29, 0.717) is 17.5 Å². The average molecular weight is 810 g/mol. The van der Waals surface area contributed by atoms with Crippen molar-refractivity contribution < 1.29 is 0 Å². The molecule has 0 spiro atoms. The number of benzene rings is 8. The van der Waals surface area contributed by atoms with E-state index in [2.05, 4.69) is 174 Å². The second kappa shape index (κ2) is 14.9. The van der Waals surface area contributed by atoms with Crippen molar-refractivity contribution >= 4 is 53.3 Å². The monoisotopic (exact) mass is 809 g/mol. The highest BCUT2D eigenvalue weighted by Gasteiger charge is 2.24. The summed E-state index contributed by atoms with van der Waals surface area (Å²) < 4.78 is 4.80. The van der Waals surface area contributed by atoms with Gasteiger partial charge in [-0.05, 0) is 58.1 Å². The molecule has 0 aliphatic carbocycles. The van der Waals surface area contributed by atoms with Crippen molar-refractivity contribution in [2.24, 2.45) is 0 Å². The minimum absolute atomic E-state index is 0.536. The molecule has 8 aromatic carbocycles. The van der Waals surface area contributed by atoms with Gasteiger partial charge in [-0.3, -0.25) is 4.57 Å². The van der Waals surface area contributed by atoms with Gasteiger partial charge >= 0.3 is 0 Å². The van der Waals surface area contributed by atoms with Gasteiger partial charge < -0.3 is 0 Å². The maximum absolute atomic E-state index is 5.54. The van der Waals surface area contributed by atoms with Crippen LogP contribution in [0.1, 0.15) is 0 Å². The molecular formula is C56H35N5S. The minimum atomic E-state index is 0.536. The minimum Gasteiger partial charge on any atom is -0.293 e. The maximum Gasteiger partial charge on any atom is 0.167 e. The highest BCUT2D eigenvalue weighted by Crippen LogP contribution is 2.45. The summed E-state index contributed by atoms with van der Waals surface area (Å²) in [5, 5.41) is 4.85. The molecule has 0 N–H and O–H groups in total. The van der Waals surface area contributed by atoms with Crippen LogP contribution in [0.5, 0.6) is 0 Å².